The van der Waals surface area contributed by atoms with Crippen LogP contribution in [0.3, 0.4) is 0 Å². The topological polar surface area (TPSA) is 131 Å². The van der Waals surface area contributed by atoms with Gasteiger partial charge < -0.3 is 15.3 Å². The third-order valence-corrected chi connectivity index (χ3v) is 4.15. The summed E-state index contributed by atoms with van der Waals surface area (Å²) in [5.41, 5.74) is -0.985. The smallest absolute Gasteiger partial charge is 0.216 e. The number of aliphatic hydroxyl groups excluding tert-OH is 3. The van der Waals surface area contributed by atoms with Crippen molar-refractivity contribution in [2.24, 2.45) is 0 Å². The Hall–Kier alpha value is -1.50. The minimum atomic E-state index is -3.89. The van der Waals surface area contributed by atoms with Gasteiger partial charge in [-0.2, -0.15) is 5.26 Å². The van der Waals surface area contributed by atoms with E-state index in [4.69, 9.17) is 20.6 Å². The molecule has 0 aromatic heterocycles. The van der Waals surface area contributed by atoms with Crippen molar-refractivity contribution in [3.05, 3.63) is 35.4 Å². The van der Waals surface area contributed by atoms with E-state index >= 15 is 0 Å². The van der Waals surface area contributed by atoms with Crippen LogP contribution in [0.4, 0.5) is 0 Å². The Labute approximate surface area is 117 Å². The maximum Gasteiger partial charge on any atom is 0.216 e. The van der Waals surface area contributed by atoms with Crippen molar-refractivity contribution in [3.8, 4) is 6.07 Å². The molecule has 0 aliphatic heterocycles. The zero-order valence-corrected chi connectivity index (χ0v) is 11.5. The number of hydrogen-bond acceptors (Lipinski definition) is 6. The lowest BCUT2D eigenvalue weighted by Gasteiger charge is -2.28. The summed E-state index contributed by atoms with van der Waals surface area (Å²) in [6, 6.07) is 7.97. The molecular weight excluding hydrogens is 284 g/mol. The van der Waals surface area contributed by atoms with Crippen molar-refractivity contribution in [2.75, 3.05) is 19.8 Å². The molecule has 0 heterocycles. The summed E-state index contributed by atoms with van der Waals surface area (Å²) in [4.78, 5) is 0. The normalized spacial score (nSPS) is 12.1. The number of benzene rings is 1. The average Bonchev–Trinajstić information content (AvgIpc) is 2.44. The van der Waals surface area contributed by atoms with Crippen molar-refractivity contribution in [2.45, 2.75) is 11.3 Å². The maximum absolute atomic E-state index is 12.0. The zero-order valence-electron chi connectivity index (χ0n) is 10.7. The summed E-state index contributed by atoms with van der Waals surface area (Å²) in [7, 11) is -3.89. The van der Waals surface area contributed by atoms with Gasteiger partial charge in [-0.05, 0) is 17.7 Å². The van der Waals surface area contributed by atoms with Crippen LogP contribution in [0.5, 0.6) is 0 Å². The fourth-order valence-corrected chi connectivity index (χ4v) is 3.11. The fraction of sp³-hybridized carbons (Fsp3) is 0.417. The van der Waals surface area contributed by atoms with E-state index in [-0.39, 0.29) is 0 Å². The molecular formula is C12H16N2O5S. The van der Waals surface area contributed by atoms with Crippen LogP contribution in [-0.2, 0) is 15.8 Å². The van der Waals surface area contributed by atoms with Crippen LogP contribution in [0.1, 0.15) is 11.1 Å². The molecule has 4 N–H and O–H groups in total. The van der Waals surface area contributed by atoms with E-state index in [0.29, 0.717) is 11.1 Å². The Morgan fingerprint density at radius 3 is 2.30 bits per heavy atom. The molecule has 110 valence electrons. The Morgan fingerprint density at radius 2 is 1.80 bits per heavy atom. The lowest BCUT2D eigenvalue weighted by Crippen LogP contribution is -2.57. The van der Waals surface area contributed by atoms with E-state index in [2.05, 4.69) is 4.72 Å². The molecule has 1 aromatic carbocycles. The number of nitrogens with one attached hydrogen (secondary N) is 1. The lowest BCUT2D eigenvalue weighted by molar-refractivity contribution is 0.0581. The Morgan fingerprint density at radius 1 is 1.20 bits per heavy atom. The molecule has 0 amide bonds. The molecule has 0 spiro atoms. The first-order chi connectivity index (χ1) is 9.40. The number of nitrogens with zero attached hydrogens (tertiary/aromatic N) is 1. The lowest BCUT2D eigenvalue weighted by atomic mass is 10.1. The van der Waals surface area contributed by atoms with E-state index in [1.165, 1.54) is 6.07 Å². The van der Waals surface area contributed by atoms with E-state index in [0.717, 1.165) is 0 Å². The SMILES string of the molecule is N#Cc1cccc(CS(=O)(=O)NC(CO)(CO)CO)c1. The van der Waals surface area contributed by atoms with Gasteiger partial charge in [0, 0.05) is 0 Å². The molecule has 20 heavy (non-hydrogen) atoms. The highest BCUT2D eigenvalue weighted by molar-refractivity contribution is 7.88. The van der Waals surface area contributed by atoms with Gasteiger partial charge in [-0.1, -0.05) is 12.1 Å². The third kappa shape index (κ3) is 4.26. The first-order valence-electron chi connectivity index (χ1n) is 5.73. The Bertz CT molecular complexity index is 582. The van der Waals surface area contributed by atoms with E-state index in [1.807, 2.05) is 6.07 Å². The molecule has 0 bridgehead atoms. The van der Waals surface area contributed by atoms with Gasteiger partial charge in [-0.3, -0.25) is 0 Å². The van der Waals surface area contributed by atoms with Gasteiger partial charge in [0.15, 0.2) is 0 Å². The van der Waals surface area contributed by atoms with Crippen molar-refractivity contribution in [1.29, 1.82) is 5.26 Å². The molecule has 0 radical (unpaired) electrons. The quantitative estimate of drug-likeness (QED) is 0.495. The largest absolute Gasteiger partial charge is 0.394 e. The van der Waals surface area contributed by atoms with Gasteiger partial charge in [0.25, 0.3) is 0 Å². The molecule has 0 aliphatic rings. The standard InChI is InChI=1S/C12H16N2O5S/c13-5-10-2-1-3-11(4-10)6-20(18,19)14-12(7-15,8-16)9-17/h1-4,14-17H,6-9H2. The van der Waals surface area contributed by atoms with Crippen molar-refractivity contribution >= 4 is 10.0 Å². The van der Waals surface area contributed by atoms with Gasteiger partial charge in [-0.15, -0.1) is 0 Å². The van der Waals surface area contributed by atoms with Crippen LogP contribution in [0.2, 0.25) is 0 Å². The highest BCUT2D eigenvalue weighted by atomic mass is 32.2. The van der Waals surface area contributed by atoms with Gasteiger partial charge >= 0.3 is 0 Å². The second-order valence-corrected chi connectivity index (χ2v) is 6.15. The molecule has 7 nitrogen and oxygen atoms in total. The molecule has 0 atom stereocenters. The summed E-state index contributed by atoms with van der Waals surface area (Å²) in [6.45, 7) is -2.22. The van der Waals surface area contributed by atoms with Crippen LogP contribution in [0.15, 0.2) is 24.3 Å². The number of hydrogen-bond donors (Lipinski definition) is 4. The first-order valence-corrected chi connectivity index (χ1v) is 7.39. The molecule has 1 aromatic rings. The zero-order chi connectivity index (χ0) is 15.2. The number of aliphatic hydroxyl groups is 3. The van der Waals surface area contributed by atoms with Crippen LogP contribution >= 0.6 is 0 Å². The van der Waals surface area contributed by atoms with E-state index < -0.39 is 41.1 Å². The van der Waals surface area contributed by atoms with Crippen LogP contribution in [-0.4, -0.2) is 49.1 Å². The van der Waals surface area contributed by atoms with Gasteiger partial charge in [-0.25, -0.2) is 13.1 Å². The van der Waals surface area contributed by atoms with Crippen molar-refractivity contribution < 1.29 is 23.7 Å². The molecule has 0 fully saturated rings. The number of rotatable bonds is 7. The third-order valence-electron chi connectivity index (χ3n) is 2.69. The molecule has 8 heteroatoms. The van der Waals surface area contributed by atoms with Gasteiger partial charge in [0.2, 0.25) is 10.0 Å². The summed E-state index contributed by atoms with van der Waals surface area (Å²) >= 11 is 0. The van der Waals surface area contributed by atoms with Crippen LogP contribution < -0.4 is 4.72 Å². The van der Waals surface area contributed by atoms with E-state index in [1.54, 1.807) is 18.2 Å². The summed E-state index contributed by atoms with van der Waals surface area (Å²) in [5.74, 6) is -0.426. The predicted molar refractivity (Wildman–Crippen MR) is 70.9 cm³/mol. The molecule has 0 saturated carbocycles. The van der Waals surface area contributed by atoms with Crippen molar-refractivity contribution in [1.82, 2.24) is 4.72 Å². The molecule has 0 aliphatic carbocycles. The summed E-state index contributed by atoms with van der Waals surface area (Å²) in [5, 5.41) is 36.0. The Kier molecular flexibility index (Phi) is 5.62. The Balaban J connectivity index is 2.92. The van der Waals surface area contributed by atoms with Crippen molar-refractivity contribution in [3.63, 3.8) is 0 Å². The number of sulfonamides is 1. The number of nitriles is 1. The summed E-state index contributed by atoms with van der Waals surface area (Å²) in [6.07, 6.45) is 0. The van der Waals surface area contributed by atoms with Crippen LogP contribution in [0, 0.1) is 11.3 Å². The first kappa shape index (κ1) is 16.6. The second kappa shape index (κ2) is 6.78. The molecule has 0 saturated heterocycles. The molecule has 0 unspecified atom stereocenters. The van der Waals surface area contributed by atoms with Crippen LogP contribution in [0.25, 0.3) is 0 Å². The second-order valence-electron chi connectivity index (χ2n) is 4.43. The van der Waals surface area contributed by atoms with Gasteiger partial charge in [0.1, 0.15) is 5.54 Å². The summed E-state index contributed by atoms with van der Waals surface area (Å²) < 4.78 is 26.0. The minimum absolute atomic E-state index is 0.329. The van der Waals surface area contributed by atoms with E-state index in [9.17, 15) is 8.42 Å². The minimum Gasteiger partial charge on any atom is -0.394 e. The molecule has 1 rings (SSSR count). The highest BCUT2D eigenvalue weighted by Crippen LogP contribution is 2.11. The predicted octanol–water partition coefficient (Wildman–Crippen LogP) is -1.31. The average molecular weight is 300 g/mol. The van der Waals surface area contributed by atoms with Gasteiger partial charge in [0.05, 0.1) is 37.2 Å². The highest BCUT2D eigenvalue weighted by Gasteiger charge is 2.33. The maximum atomic E-state index is 12.0. The monoisotopic (exact) mass is 300 g/mol. The fourth-order valence-electron chi connectivity index (χ4n) is 1.56.